The maximum atomic E-state index is 13.4. The third kappa shape index (κ3) is 3.83. The van der Waals surface area contributed by atoms with Crippen LogP contribution in [0.15, 0.2) is 48.5 Å². The van der Waals surface area contributed by atoms with Crippen LogP contribution in [0.3, 0.4) is 0 Å². The predicted molar refractivity (Wildman–Crippen MR) is 101 cm³/mol. The van der Waals surface area contributed by atoms with Gasteiger partial charge >= 0.3 is 6.18 Å². The number of fused-ring (bicyclic) bond motifs is 1. The zero-order chi connectivity index (χ0) is 20.8. The van der Waals surface area contributed by atoms with E-state index in [1.54, 1.807) is 13.0 Å². The highest BCUT2D eigenvalue weighted by Crippen LogP contribution is 2.30. The largest absolute Gasteiger partial charge is 0.416 e. The Balaban J connectivity index is 1.67. The van der Waals surface area contributed by atoms with E-state index in [9.17, 15) is 22.4 Å². The lowest BCUT2D eigenvalue weighted by Gasteiger charge is -2.09. The number of anilines is 1. The lowest BCUT2D eigenvalue weighted by Crippen LogP contribution is -2.16. The average Bonchev–Trinajstić information content (AvgIpc) is 3.23. The monoisotopic (exact) mass is 420 g/mol. The van der Waals surface area contributed by atoms with Gasteiger partial charge in [0.25, 0.3) is 5.91 Å². The number of halogens is 4. The molecule has 2 aromatic carbocycles. The van der Waals surface area contributed by atoms with E-state index in [2.05, 4.69) is 15.4 Å². The van der Waals surface area contributed by atoms with E-state index in [0.29, 0.717) is 21.0 Å². The van der Waals surface area contributed by atoms with Gasteiger partial charge in [-0.25, -0.2) is 9.37 Å². The van der Waals surface area contributed by atoms with Crippen LogP contribution in [0.1, 0.15) is 21.6 Å². The summed E-state index contributed by atoms with van der Waals surface area (Å²) < 4.78 is 54.1. The van der Waals surface area contributed by atoms with Gasteiger partial charge < -0.3 is 5.32 Å². The molecule has 0 saturated heterocycles. The van der Waals surface area contributed by atoms with Crippen molar-refractivity contribution in [3.8, 4) is 5.13 Å². The molecule has 148 valence electrons. The summed E-state index contributed by atoms with van der Waals surface area (Å²) in [6, 6.07) is 9.86. The number of carbonyl (C=O) groups is 1. The molecule has 0 aliphatic heterocycles. The van der Waals surface area contributed by atoms with Crippen LogP contribution in [0.4, 0.5) is 23.4 Å². The SMILES string of the molecule is Cc1cc(NC(=O)c2cccc(C(F)(F)F)c2)n(-c2nc3ccc(F)cc3s2)n1. The molecule has 0 radical (unpaired) electrons. The van der Waals surface area contributed by atoms with Gasteiger partial charge in [-0.3, -0.25) is 4.79 Å². The standard InChI is InChI=1S/C19H12F4N4OS/c1-10-7-16(25-17(28)11-3-2-4-12(8-11)19(21,22)23)27(26-10)18-24-14-6-5-13(20)9-15(14)29-18/h2-9H,1H3,(H,25,28). The number of nitrogens with one attached hydrogen (secondary N) is 1. The topological polar surface area (TPSA) is 59.8 Å². The van der Waals surface area contributed by atoms with E-state index >= 15 is 0 Å². The van der Waals surface area contributed by atoms with Gasteiger partial charge in [0, 0.05) is 11.6 Å². The van der Waals surface area contributed by atoms with Crippen molar-refractivity contribution >= 4 is 33.3 Å². The first-order valence-corrected chi connectivity index (χ1v) is 9.14. The van der Waals surface area contributed by atoms with Crippen LogP contribution < -0.4 is 5.32 Å². The maximum Gasteiger partial charge on any atom is 0.416 e. The molecule has 0 unspecified atom stereocenters. The van der Waals surface area contributed by atoms with Crippen molar-refractivity contribution in [1.29, 1.82) is 0 Å². The molecule has 4 rings (SSSR count). The maximum absolute atomic E-state index is 13.4. The molecule has 2 aromatic heterocycles. The zero-order valence-corrected chi connectivity index (χ0v) is 15.6. The van der Waals surface area contributed by atoms with E-state index in [4.69, 9.17) is 0 Å². The second-order valence-electron chi connectivity index (χ2n) is 6.22. The van der Waals surface area contributed by atoms with Crippen LogP contribution in [0, 0.1) is 12.7 Å². The fourth-order valence-electron chi connectivity index (χ4n) is 2.74. The van der Waals surface area contributed by atoms with Gasteiger partial charge in [0.15, 0.2) is 0 Å². The van der Waals surface area contributed by atoms with Gasteiger partial charge in [0.05, 0.1) is 21.5 Å². The van der Waals surface area contributed by atoms with Crippen molar-refractivity contribution in [1.82, 2.24) is 14.8 Å². The van der Waals surface area contributed by atoms with Crippen LogP contribution in [0.2, 0.25) is 0 Å². The Bertz CT molecular complexity index is 1230. The molecule has 29 heavy (non-hydrogen) atoms. The van der Waals surface area contributed by atoms with Crippen LogP contribution in [0.5, 0.6) is 0 Å². The Labute approximate surface area is 165 Å². The molecular weight excluding hydrogens is 408 g/mol. The normalized spacial score (nSPS) is 11.8. The van der Waals surface area contributed by atoms with Gasteiger partial charge in [0.1, 0.15) is 11.6 Å². The molecular formula is C19H12F4N4OS. The Kier molecular flexibility index (Phi) is 4.58. The molecule has 1 amide bonds. The highest BCUT2D eigenvalue weighted by atomic mass is 32.1. The van der Waals surface area contributed by atoms with Crippen LogP contribution in [-0.4, -0.2) is 20.7 Å². The highest BCUT2D eigenvalue weighted by Gasteiger charge is 2.31. The van der Waals surface area contributed by atoms with E-state index < -0.39 is 23.5 Å². The Morgan fingerprint density at radius 2 is 1.93 bits per heavy atom. The number of amides is 1. The Hall–Kier alpha value is -3.27. The third-order valence-corrected chi connectivity index (χ3v) is 5.04. The number of hydrogen-bond acceptors (Lipinski definition) is 4. The molecule has 0 atom stereocenters. The first-order valence-electron chi connectivity index (χ1n) is 8.32. The minimum Gasteiger partial charge on any atom is -0.306 e. The van der Waals surface area contributed by atoms with Crippen molar-refractivity contribution in [2.24, 2.45) is 0 Å². The van der Waals surface area contributed by atoms with E-state index in [0.717, 1.165) is 12.1 Å². The summed E-state index contributed by atoms with van der Waals surface area (Å²) in [5.41, 5.74) is 0.0733. The summed E-state index contributed by atoms with van der Waals surface area (Å²) in [5.74, 6) is -0.878. The first-order chi connectivity index (χ1) is 13.7. The van der Waals surface area contributed by atoms with Crippen molar-refractivity contribution in [3.05, 3.63) is 71.2 Å². The quantitative estimate of drug-likeness (QED) is 0.464. The molecule has 2 heterocycles. The molecule has 5 nitrogen and oxygen atoms in total. The van der Waals surface area contributed by atoms with Crippen LogP contribution >= 0.6 is 11.3 Å². The van der Waals surface area contributed by atoms with E-state index in [1.807, 2.05) is 0 Å². The fraction of sp³-hybridized carbons (Fsp3) is 0.105. The van der Waals surface area contributed by atoms with Crippen molar-refractivity contribution in [2.75, 3.05) is 5.32 Å². The second kappa shape index (κ2) is 6.96. The summed E-state index contributed by atoms with van der Waals surface area (Å²) >= 11 is 1.17. The summed E-state index contributed by atoms with van der Waals surface area (Å²) in [6.45, 7) is 1.70. The molecule has 0 bridgehead atoms. The number of aryl methyl sites for hydroxylation is 1. The summed E-state index contributed by atoms with van der Waals surface area (Å²) in [5, 5.41) is 7.23. The number of benzene rings is 2. The van der Waals surface area contributed by atoms with Gasteiger partial charge in [-0.05, 0) is 43.3 Å². The summed E-state index contributed by atoms with van der Waals surface area (Å²) in [6.07, 6.45) is -4.55. The molecule has 1 N–H and O–H groups in total. The van der Waals surface area contributed by atoms with Crippen molar-refractivity contribution in [2.45, 2.75) is 13.1 Å². The molecule has 0 aliphatic carbocycles. The predicted octanol–water partition coefficient (Wildman–Crippen LogP) is 5.20. The van der Waals surface area contributed by atoms with Crippen molar-refractivity contribution < 1.29 is 22.4 Å². The molecule has 0 spiro atoms. The fourth-order valence-corrected chi connectivity index (χ4v) is 3.69. The lowest BCUT2D eigenvalue weighted by molar-refractivity contribution is -0.137. The number of thiazole rings is 1. The molecule has 0 fully saturated rings. The van der Waals surface area contributed by atoms with Crippen LogP contribution in [-0.2, 0) is 6.18 Å². The van der Waals surface area contributed by atoms with Gasteiger partial charge in [0.2, 0.25) is 5.13 Å². The van der Waals surface area contributed by atoms with Crippen molar-refractivity contribution in [3.63, 3.8) is 0 Å². The average molecular weight is 420 g/mol. The van der Waals surface area contributed by atoms with Gasteiger partial charge in [-0.1, -0.05) is 17.4 Å². The van der Waals surface area contributed by atoms with E-state index in [1.165, 1.54) is 46.4 Å². The van der Waals surface area contributed by atoms with E-state index in [-0.39, 0.29) is 11.4 Å². The molecule has 0 aliphatic rings. The number of nitrogens with zero attached hydrogens (tertiary/aromatic N) is 3. The molecule has 4 aromatic rings. The van der Waals surface area contributed by atoms with Gasteiger partial charge in [-0.2, -0.15) is 23.0 Å². The first kappa shape index (κ1) is 19.1. The minimum absolute atomic E-state index is 0.142. The number of carbonyl (C=O) groups excluding carboxylic acids is 1. The molecule has 0 saturated carbocycles. The Morgan fingerprint density at radius 1 is 1.14 bits per heavy atom. The highest BCUT2D eigenvalue weighted by molar-refractivity contribution is 7.20. The smallest absolute Gasteiger partial charge is 0.306 e. The number of rotatable bonds is 3. The number of aromatic nitrogens is 3. The minimum atomic E-state index is -4.55. The molecule has 10 heteroatoms. The third-order valence-electron chi connectivity index (χ3n) is 4.05. The van der Waals surface area contributed by atoms with Crippen LogP contribution in [0.25, 0.3) is 15.3 Å². The second-order valence-corrected chi connectivity index (χ2v) is 7.23. The zero-order valence-electron chi connectivity index (χ0n) is 14.8. The number of hydrogen-bond donors (Lipinski definition) is 1. The summed E-state index contributed by atoms with van der Waals surface area (Å²) in [4.78, 5) is 16.9. The van der Waals surface area contributed by atoms with Gasteiger partial charge in [-0.15, -0.1) is 0 Å². The lowest BCUT2D eigenvalue weighted by atomic mass is 10.1. The number of alkyl halides is 3. The Morgan fingerprint density at radius 3 is 2.69 bits per heavy atom. The summed E-state index contributed by atoms with van der Waals surface area (Å²) in [7, 11) is 0.